The van der Waals surface area contributed by atoms with Gasteiger partial charge in [0.25, 0.3) is 0 Å². The Hall–Kier alpha value is -2.06. The Bertz CT molecular complexity index is 658. The second kappa shape index (κ2) is 5.93. The molecule has 0 saturated carbocycles. The van der Waals surface area contributed by atoms with Crippen LogP contribution in [-0.4, -0.2) is 7.05 Å². The van der Waals surface area contributed by atoms with Crippen LogP contribution in [0.3, 0.4) is 0 Å². The number of hydrogen-bond donors (Lipinski definition) is 0. The predicted octanol–water partition coefficient (Wildman–Crippen LogP) is 5.05. The minimum Gasteiger partial charge on any atom is -0.369 e. The van der Waals surface area contributed by atoms with Crippen molar-refractivity contribution in [2.45, 2.75) is 6.54 Å². The van der Waals surface area contributed by atoms with Gasteiger partial charge in [0, 0.05) is 22.5 Å². The van der Waals surface area contributed by atoms with E-state index in [9.17, 15) is 0 Å². The summed E-state index contributed by atoms with van der Waals surface area (Å²) in [5.74, 6) is 0. The lowest BCUT2D eigenvalue weighted by Gasteiger charge is -2.18. The summed E-state index contributed by atoms with van der Waals surface area (Å²) >= 11 is 1.87. The molecule has 1 aromatic heterocycles. The van der Waals surface area contributed by atoms with Crippen molar-refractivity contribution < 1.29 is 0 Å². The van der Waals surface area contributed by atoms with Crippen LogP contribution in [0.5, 0.6) is 0 Å². The monoisotopic (exact) mass is 279 g/mol. The van der Waals surface area contributed by atoms with Gasteiger partial charge in [-0.1, -0.05) is 48.5 Å². The van der Waals surface area contributed by atoms with Crippen LogP contribution in [0, 0.1) is 0 Å². The van der Waals surface area contributed by atoms with E-state index < -0.39 is 0 Å². The van der Waals surface area contributed by atoms with Crippen LogP contribution in [0.15, 0.2) is 72.8 Å². The average Bonchev–Trinajstić information content (AvgIpc) is 2.97. The van der Waals surface area contributed by atoms with Crippen molar-refractivity contribution in [1.82, 2.24) is 0 Å². The third-order valence-electron chi connectivity index (χ3n) is 3.31. The van der Waals surface area contributed by atoms with Gasteiger partial charge in [0.1, 0.15) is 0 Å². The summed E-state index contributed by atoms with van der Waals surface area (Å²) in [5, 5.41) is 0. The molecule has 100 valence electrons. The van der Waals surface area contributed by atoms with Crippen LogP contribution in [-0.2, 0) is 6.54 Å². The van der Waals surface area contributed by atoms with Crippen LogP contribution < -0.4 is 4.90 Å². The number of thiophene rings is 1. The Morgan fingerprint density at radius 1 is 0.800 bits per heavy atom. The van der Waals surface area contributed by atoms with E-state index >= 15 is 0 Å². The fraction of sp³-hybridized carbons (Fsp3) is 0.111. The number of hydrogen-bond acceptors (Lipinski definition) is 2. The molecule has 0 bridgehead atoms. The molecule has 0 aliphatic rings. The molecule has 0 fully saturated rings. The highest BCUT2D eigenvalue weighted by Gasteiger charge is 2.05. The molecule has 2 heteroatoms. The highest BCUT2D eigenvalue weighted by molar-refractivity contribution is 7.15. The van der Waals surface area contributed by atoms with Gasteiger partial charge < -0.3 is 4.90 Å². The van der Waals surface area contributed by atoms with Gasteiger partial charge in [-0.15, -0.1) is 11.3 Å². The molecule has 0 radical (unpaired) electrons. The third kappa shape index (κ3) is 2.91. The Kier molecular flexibility index (Phi) is 3.84. The molecule has 0 aliphatic heterocycles. The first kappa shape index (κ1) is 12.9. The van der Waals surface area contributed by atoms with Crippen LogP contribution >= 0.6 is 11.3 Å². The summed E-state index contributed by atoms with van der Waals surface area (Å²) in [5.41, 5.74) is 2.55. The SMILES string of the molecule is CN(Cc1ccc(-c2ccccc2)s1)c1ccccc1. The molecule has 0 amide bonds. The molecule has 3 rings (SSSR count). The van der Waals surface area contributed by atoms with Crippen molar-refractivity contribution in [2.75, 3.05) is 11.9 Å². The summed E-state index contributed by atoms with van der Waals surface area (Å²) in [7, 11) is 2.14. The minimum atomic E-state index is 0.946. The largest absolute Gasteiger partial charge is 0.369 e. The lowest BCUT2D eigenvalue weighted by Crippen LogP contribution is -2.15. The molecule has 2 aromatic carbocycles. The van der Waals surface area contributed by atoms with Crippen molar-refractivity contribution in [3.63, 3.8) is 0 Å². The minimum absolute atomic E-state index is 0.946. The zero-order valence-corrected chi connectivity index (χ0v) is 12.3. The van der Waals surface area contributed by atoms with Gasteiger partial charge in [-0.05, 0) is 29.8 Å². The Balaban J connectivity index is 1.75. The van der Waals surface area contributed by atoms with Gasteiger partial charge in [0.05, 0.1) is 6.54 Å². The number of para-hydroxylation sites is 1. The quantitative estimate of drug-likeness (QED) is 0.646. The molecule has 0 N–H and O–H groups in total. The maximum atomic E-state index is 2.28. The van der Waals surface area contributed by atoms with Gasteiger partial charge in [-0.2, -0.15) is 0 Å². The van der Waals surface area contributed by atoms with Gasteiger partial charge in [-0.3, -0.25) is 0 Å². The molecular formula is C18H17NS. The fourth-order valence-electron chi connectivity index (χ4n) is 2.23. The normalized spacial score (nSPS) is 10.4. The molecule has 1 nitrogen and oxygen atoms in total. The lowest BCUT2D eigenvalue weighted by atomic mass is 10.2. The molecule has 20 heavy (non-hydrogen) atoms. The molecule has 1 heterocycles. The zero-order chi connectivity index (χ0) is 13.8. The van der Waals surface area contributed by atoms with Crippen LogP contribution in [0.4, 0.5) is 5.69 Å². The lowest BCUT2D eigenvalue weighted by molar-refractivity contribution is 0.940. The van der Waals surface area contributed by atoms with Gasteiger partial charge in [0.15, 0.2) is 0 Å². The number of nitrogens with zero attached hydrogens (tertiary/aromatic N) is 1. The summed E-state index contributed by atoms with van der Waals surface area (Å²) in [4.78, 5) is 5.00. The van der Waals surface area contributed by atoms with E-state index in [1.807, 2.05) is 11.3 Å². The summed E-state index contributed by atoms with van der Waals surface area (Å²) < 4.78 is 0. The number of rotatable bonds is 4. The van der Waals surface area contributed by atoms with Gasteiger partial charge in [-0.25, -0.2) is 0 Å². The van der Waals surface area contributed by atoms with Crippen molar-refractivity contribution in [2.24, 2.45) is 0 Å². The first-order valence-corrected chi connectivity index (χ1v) is 7.55. The number of anilines is 1. The standard InChI is InChI=1S/C18H17NS/c1-19(16-10-6-3-7-11-16)14-17-12-13-18(20-17)15-8-4-2-5-9-15/h2-13H,14H2,1H3. The second-order valence-corrected chi connectivity index (χ2v) is 5.99. The topological polar surface area (TPSA) is 3.24 Å². The van der Waals surface area contributed by atoms with Crippen LogP contribution in [0.1, 0.15) is 4.88 Å². The summed E-state index contributed by atoms with van der Waals surface area (Å²) in [6.45, 7) is 0.946. The summed E-state index contributed by atoms with van der Waals surface area (Å²) in [6.07, 6.45) is 0. The maximum absolute atomic E-state index is 2.28. The Labute approximate surface area is 124 Å². The first-order valence-electron chi connectivity index (χ1n) is 6.73. The van der Waals surface area contributed by atoms with Crippen molar-refractivity contribution in [3.8, 4) is 10.4 Å². The zero-order valence-electron chi connectivity index (χ0n) is 11.5. The van der Waals surface area contributed by atoms with E-state index in [0.717, 1.165) is 6.54 Å². The van der Waals surface area contributed by atoms with E-state index in [0.29, 0.717) is 0 Å². The number of benzene rings is 2. The molecule has 0 atom stereocenters. The van der Waals surface area contributed by atoms with Crippen molar-refractivity contribution in [1.29, 1.82) is 0 Å². The van der Waals surface area contributed by atoms with Crippen molar-refractivity contribution >= 4 is 17.0 Å². The summed E-state index contributed by atoms with van der Waals surface area (Å²) in [6, 6.07) is 25.5. The second-order valence-electron chi connectivity index (χ2n) is 4.82. The molecule has 0 spiro atoms. The van der Waals surface area contributed by atoms with E-state index in [1.54, 1.807) is 0 Å². The van der Waals surface area contributed by atoms with Crippen LogP contribution in [0.25, 0.3) is 10.4 Å². The molecular weight excluding hydrogens is 262 g/mol. The van der Waals surface area contributed by atoms with E-state index in [4.69, 9.17) is 0 Å². The van der Waals surface area contributed by atoms with E-state index in [1.165, 1.54) is 21.0 Å². The average molecular weight is 279 g/mol. The maximum Gasteiger partial charge on any atom is 0.0519 e. The Morgan fingerprint density at radius 3 is 2.15 bits per heavy atom. The first-order chi connectivity index (χ1) is 9.83. The molecule has 0 unspecified atom stereocenters. The van der Waals surface area contributed by atoms with E-state index in [-0.39, 0.29) is 0 Å². The third-order valence-corrected chi connectivity index (χ3v) is 4.43. The molecule has 3 aromatic rings. The van der Waals surface area contributed by atoms with E-state index in [2.05, 4.69) is 84.7 Å². The Morgan fingerprint density at radius 2 is 1.45 bits per heavy atom. The smallest absolute Gasteiger partial charge is 0.0519 e. The predicted molar refractivity (Wildman–Crippen MR) is 88.3 cm³/mol. The highest BCUT2D eigenvalue weighted by Crippen LogP contribution is 2.29. The van der Waals surface area contributed by atoms with Gasteiger partial charge >= 0.3 is 0 Å². The van der Waals surface area contributed by atoms with Crippen LogP contribution in [0.2, 0.25) is 0 Å². The highest BCUT2D eigenvalue weighted by atomic mass is 32.1. The van der Waals surface area contributed by atoms with Gasteiger partial charge in [0.2, 0.25) is 0 Å². The van der Waals surface area contributed by atoms with Crippen molar-refractivity contribution in [3.05, 3.63) is 77.7 Å². The molecule has 0 aliphatic carbocycles. The molecule has 0 saturated heterocycles. The fourth-order valence-corrected chi connectivity index (χ4v) is 3.29.